The minimum atomic E-state index is -0.564. The molecule has 4 aromatic carbocycles. The maximum absolute atomic E-state index is 7.13. The van der Waals surface area contributed by atoms with Crippen LogP contribution in [0.5, 0.6) is 0 Å². The van der Waals surface area contributed by atoms with Gasteiger partial charge >= 0.3 is 0 Å². The van der Waals surface area contributed by atoms with E-state index in [0.717, 1.165) is 25.2 Å². The summed E-state index contributed by atoms with van der Waals surface area (Å²) in [4.78, 5) is 0. The van der Waals surface area contributed by atoms with Gasteiger partial charge in [-0.15, -0.1) is 0 Å². The van der Waals surface area contributed by atoms with Gasteiger partial charge in [0.05, 0.1) is 12.2 Å². The Labute approximate surface area is 236 Å². The van der Waals surface area contributed by atoms with Crippen molar-refractivity contribution in [2.24, 2.45) is 0 Å². The Morgan fingerprint density at radius 1 is 0.462 bits per heavy atom. The zero-order valence-electron chi connectivity index (χ0n) is 22.6. The van der Waals surface area contributed by atoms with Gasteiger partial charge in [-0.25, -0.2) is 0 Å². The van der Waals surface area contributed by atoms with Crippen molar-refractivity contribution in [1.82, 2.24) is 0 Å². The van der Waals surface area contributed by atoms with Crippen molar-refractivity contribution >= 4 is 37.1 Å². The van der Waals surface area contributed by atoms with E-state index in [1.807, 2.05) is 0 Å². The summed E-state index contributed by atoms with van der Waals surface area (Å²) in [6.07, 6.45) is 9.11. The Bertz CT molecular complexity index is 1100. The maximum atomic E-state index is 7.13. The summed E-state index contributed by atoms with van der Waals surface area (Å²) < 4.78 is 14.3. The molecule has 1 heterocycles. The molecule has 39 heavy (non-hydrogen) atoms. The predicted octanol–water partition coefficient (Wildman–Crippen LogP) is 7.09. The Morgan fingerprint density at radius 2 is 0.769 bits per heavy atom. The lowest BCUT2D eigenvalue weighted by Crippen LogP contribution is -2.33. The van der Waals surface area contributed by atoms with E-state index < -0.39 is 21.6 Å². The van der Waals surface area contributed by atoms with Crippen molar-refractivity contribution in [3.8, 4) is 0 Å². The summed E-state index contributed by atoms with van der Waals surface area (Å²) in [5, 5.41) is 5.65. The molecule has 2 nitrogen and oxygen atoms in total. The average Bonchev–Trinajstić information content (AvgIpc) is 3.17. The third-order valence-corrected chi connectivity index (χ3v) is 13.1. The SMILES string of the molecule is c1ccc(P(C[C@@H]2OC3(CCCCCC3)O[C@H]2CP(c2ccccc2)c2ccccc2)c2ccccc2)cc1. The van der Waals surface area contributed by atoms with Crippen molar-refractivity contribution in [2.75, 3.05) is 12.3 Å². The van der Waals surface area contributed by atoms with Gasteiger partial charge in [0.15, 0.2) is 5.79 Å². The second-order valence-corrected chi connectivity index (χ2v) is 15.2. The van der Waals surface area contributed by atoms with Crippen LogP contribution in [0.15, 0.2) is 121 Å². The Morgan fingerprint density at radius 3 is 1.08 bits per heavy atom. The molecular formula is C35H38O2P2. The third-order valence-electron chi connectivity index (χ3n) is 8.01. The second kappa shape index (κ2) is 12.9. The molecule has 0 bridgehead atoms. The fourth-order valence-corrected chi connectivity index (χ4v) is 11.0. The van der Waals surface area contributed by atoms with Gasteiger partial charge in [0.25, 0.3) is 0 Å². The molecule has 2 atom stereocenters. The number of hydrogen-bond acceptors (Lipinski definition) is 2. The number of ether oxygens (including phenoxy) is 2. The molecule has 2 fully saturated rings. The van der Waals surface area contributed by atoms with Gasteiger partial charge in [-0.2, -0.15) is 0 Å². The van der Waals surface area contributed by atoms with Crippen LogP contribution in [0.4, 0.5) is 0 Å². The molecule has 0 amide bonds. The van der Waals surface area contributed by atoms with E-state index in [4.69, 9.17) is 9.47 Å². The zero-order valence-corrected chi connectivity index (χ0v) is 24.4. The smallest absolute Gasteiger partial charge is 0.169 e. The average molecular weight is 553 g/mol. The van der Waals surface area contributed by atoms with Crippen LogP contribution in [-0.4, -0.2) is 30.3 Å². The topological polar surface area (TPSA) is 18.5 Å². The van der Waals surface area contributed by atoms with Crippen LogP contribution in [0, 0.1) is 0 Å². The Hall–Kier alpha value is -2.34. The lowest BCUT2D eigenvalue weighted by molar-refractivity contribution is -0.180. The summed E-state index contributed by atoms with van der Waals surface area (Å²) in [7, 11) is -1.13. The summed E-state index contributed by atoms with van der Waals surface area (Å²) in [5.74, 6) is -0.422. The van der Waals surface area contributed by atoms with Crippen LogP contribution in [0.3, 0.4) is 0 Å². The van der Waals surface area contributed by atoms with E-state index in [-0.39, 0.29) is 12.2 Å². The molecule has 0 N–H and O–H groups in total. The first-order valence-corrected chi connectivity index (χ1v) is 17.5. The normalized spacial score (nSPS) is 20.9. The van der Waals surface area contributed by atoms with Crippen molar-refractivity contribution in [3.05, 3.63) is 121 Å². The molecule has 200 valence electrons. The first kappa shape index (κ1) is 26.9. The molecule has 1 saturated heterocycles. The minimum Gasteiger partial charge on any atom is -0.344 e. The number of benzene rings is 4. The van der Waals surface area contributed by atoms with E-state index in [0.29, 0.717) is 0 Å². The van der Waals surface area contributed by atoms with Crippen LogP contribution in [-0.2, 0) is 9.47 Å². The molecule has 6 rings (SSSR count). The standard InChI is InChI=1S/C35H38O2P2/c1-2-16-26-35(25-15-1)36-33(27-38(29-17-7-3-8-18-29)30-19-9-4-10-20-30)34(37-35)28-39(31-21-11-5-12-22-31)32-23-13-6-14-24-32/h3-14,17-24,33-34H,1-2,15-16,25-28H2/t33-,34-/m0/s1. The monoisotopic (exact) mass is 552 g/mol. The van der Waals surface area contributed by atoms with Crippen LogP contribution < -0.4 is 21.2 Å². The Balaban J connectivity index is 1.35. The molecule has 4 heteroatoms. The van der Waals surface area contributed by atoms with Crippen LogP contribution in [0.2, 0.25) is 0 Å². The van der Waals surface area contributed by atoms with Gasteiger partial charge in [0, 0.05) is 25.2 Å². The fourth-order valence-electron chi connectivity index (χ4n) is 6.06. The highest BCUT2D eigenvalue weighted by atomic mass is 31.1. The Kier molecular flexibility index (Phi) is 8.87. The summed E-state index contributed by atoms with van der Waals surface area (Å²) in [6, 6.07) is 44.2. The molecule has 1 aliphatic carbocycles. The van der Waals surface area contributed by atoms with Gasteiger partial charge in [0.2, 0.25) is 0 Å². The van der Waals surface area contributed by atoms with Crippen LogP contribution in [0.1, 0.15) is 38.5 Å². The maximum Gasteiger partial charge on any atom is 0.169 e. The van der Waals surface area contributed by atoms with E-state index in [2.05, 4.69) is 121 Å². The van der Waals surface area contributed by atoms with Gasteiger partial charge < -0.3 is 9.47 Å². The molecular weight excluding hydrogens is 514 g/mol. The van der Waals surface area contributed by atoms with Crippen LogP contribution >= 0.6 is 15.8 Å². The van der Waals surface area contributed by atoms with E-state index in [9.17, 15) is 0 Å². The molecule has 0 unspecified atom stereocenters. The largest absolute Gasteiger partial charge is 0.344 e. The van der Waals surface area contributed by atoms with Gasteiger partial charge in [-0.1, -0.05) is 134 Å². The predicted molar refractivity (Wildman–Crippen MR) is 168 cm³/mol. The minimum absolute atomic E-state index is 0.0760. The second-order valence-electron chi connectivity index (χ2n) is 10.7. The summed E-state index contributed by atoms with van der Waals surface area (Å²) in [6.45, 7) is 0. The molecule has 1 spiro atoms. The molecule has 1 aliphatic heterocycles. The fraction of sp³-hybridized carbons (Fsp3) is 0.314. The number of rotatable bonds is 8. The van der Waals surface area contributed by atoms with E-state index >= 15 is 0 Å². The van der Waals surface area contributed by atoms with E-state index in [1.54, 1.807) is 0 Å². The zero-order chi connectivity index (χ0) is 26.3. The lowest BCUT2D eigenvalue weighted by atomic mass is 10.1. The highest BCUT2D eigenvalue weighted by Crippen LogP contribution is 2.47. The highest BCUT2D eigenvalue weighted by molar-refractivity contribution is 7.73. The molecule has 2 aliphatic rings. The van der Waals surface area contributed by atoms with Gasteiger partial charge in [-0.3, -0.25) is 0 Å². The van der Waals surface area contributed by atoms with Crippen LogP contribution in [0.25, 0.3) is 0 Å². The molecule has 0 radical (unpaired) electrons. The molecule has 4 aromatic rings. The van der Waals surface area contributed by atoms with Crippen molar-refractivity contribution in [3.63, 3.8) is 0 Å². The van der Waals surface area contributed by atoms with Gasteiger partial charge in [0.1, 0.15) is 0 Å². The quantitative estimate of drug-likeness (QED) is 0.217. The summed E-state index contributed by atoms with van der Waals surface area (Å²) >= 11 is 0. The van der Waals surface area contributed by atoms with Crippen molar-refractivity contribution < 1.29 is 9.47 Å². The first-order valence-electron chi connectivity index (χ1n) is 14.4. The van der Waals surface area contributed by atoms with Crippen molar-refractivity contribution in [1.29, 1.82) is 0 Å². The lowest BCUT2D eigenvalue weighted by Gasteiger charge is -2.27. The van der Waals surface area contributed by atoms with Gasteiger partial charge in [-0.05, 0) is 49.9 Å². The van der Waals surface area contributed by atoms with E-state index in [1.165, 1.54) is 46.9 Å². The molecule has 0 aromatic heterocycles. The number of hydrogen-bond donors (Lipinski definition) is 0. The summed E-state index contributed by atoms with van der Waals surface area (Å²) in [5.41, 5.74) is 0. The molecule has 1 saturated carbocycles. The third kappa shape index (κ3) is 6.53. The highest BCUT2D eigenvalue weighted by Gasteiger charge is 2.48. The first-order chi connectivity index (χ1) is 19.3. The van der Waals surface area contributed by atoms with Crippen molar-refractivity contribution in [2.45, 2.75) is 56.5 Å².